The topological polar surface area (TPSA) is 50.4 Å². The molecule has 1 fully saturated rings. The molecule has 0 atom stereocenters. The van der Waals surface area contributed by atoms with Crippen molar-refractivity contribution in [2.75, 3.05) is 18.4 Å². The smallest absolute Gasteiger partial charge is 0.227 e. The summed E-state index contributed by atoms with van der Waals surface area (Å²) in [6, 6.07) is 13.6. The molecule has 24 heavy (non-hydrogen) atoms. The minimum absolute atomic E-state index is 0.0680. The largest absolute Gasteiger partial charge is 0.489 e. The van der Waals surface area contributed by atoms with Crippen LogP contribution in [-0.4, -0.2) is 19.0 Å². The van der Waals surface area contributed by atoms with Crippen LogP contribution in [0.4, 0.5) is 10.1 Å². The molecule has 0 bridgehead atoms. The van der Waals surface area contributed by atoms with Crippen LogP contribution in [0.15, 0.2) is 48.5 Å². The summed E-state index contributed by atoms with van der Waals surface area (Å²) in [6.07, 6.45) is 1.74. The number of anilines is 1. The summed E-state index contributed by atoms with van der Waals surface area (Å²) in [5.74, 6) is 0.299. The van der Waals surface area contributed by atoms with Crippen LogP contribution < -0.4 is 15.4 Å². The van der Waals surface area contributed by atoms with Crippen molar-refractivity contribution in [1.29, 1.82) is 0 Å². The van der Waals surface area contributed by atoms with Gasteiger partial charge in [0.25, 0.3) is 0 Å². The zero-order chi connectivity index (χ0) is 16.8. The first-order valence-corrected chi connectivity index (χ1v) is 8.19. The number of carbonyl (C=O) groups excluding carboxylic acids is 1. The SMILES string of the molecule is O=C(Nc1cccc(COc2cccc(F)c2)c1)C1CCNCC1. The number of hydrogen-bond acceptors (Lipinski definition) is 3. The van der Waals surface area contributed by atoms with E-state index in [4.69, 9.17) is 4.74 Å². The van der Waals surface area contributed by atoms with E-state index in [9.17, 15) is 9.18 Å². The van der Waals surface area contributed by atoms with E-state index in [1.807, 2.05) is 24.3 Å². The van der Waals surface area contributed by atoms with Crippen LogP contribution in [0.5, 0.6) is 5.75 Å². The third-order valence-corrected chi connectivity index (χ3v) is 4.11. The molecule has 0 unspecified atom stereocenters. The number of hydrogen-bond donors (Lipinski definition) is 2. The molecular weight excluding hydrogens is 307 g/mol. The van der Waals surface area contributed by atoms with Gasteiger partial charge in [0.05, 0.1) is 0 Å². The van der Waals surface area contributed by atoms with Crippen molar-refractivity contribution in [2.24, 2.45) is 5.92 Å². The first-order valence-electron chi connectivity index (χ1n) is 8.19. The molecule has 3 rings (SSSR count). The van der Waals surface area contributed by atoms with Crippen LogP contribution in [0, 0.1) is 11.7 Å². The van der Waals surface area contributed by atoms with E-state index in [0.29, 0.717) is 12.4 Å². The molecule has 0 aromatic heterocycles. The van der Waals surface area contributed by atoms with Gasteiger partial charge in [-0.1, -0.05) is 18.2 Å². The first-order chi connectivity index (χ1) is 11.7. The monoisotopic (exact) mass is 328 g/mol. The molecule has 1 amide bonds. The van der Waals surface area contributed by atoms with E-state index >= 15 is 0 Å². The van der Waals surface area contributed by atoms with Crippen LogP contribution in [0.3, 0.4) is 0 Å². The number of rotatable bonds is 5. The van der Waals surface area contributed by atoms with Gasteiger partial charge in [-0.15, -0.1) is 0 Å². The Bertz CT molecular complexity index is 699. The summed E-state index contributed by atoms with van der Waals surface area (Å²) in [5.41, 5.74) is 1.68. The van der Waals surface area contributed by atoms with Crippen molar-refractivity contribution >= 4 is 11.6 Å². The number of ether oxygens (including phenoxy) is 1. The van der Waals surface area contributed by atoms with Crippen molar-refractivity contribution in [2.45, 2.75) is 19.4 Å². The zero-order valence-corrected chi connectivity index (χ0v) is 13.4. The van der Waals surface area contributed by atoms with Gasteiger partial charge in [-0.05, 0) is 55.8 Å². The minimum Gasteiger partial charge on any atom is -0.489 e. The van der Waals surface area contributed by atoms with Gasteiger partial charge in [0.1, 0.15) is 18.2 Å². The summed E-state index contributed by atoms with van der Waals surface area (Å²) in [6.45, 7) is 2.10. The van der Waals surface area contributed by atoms with Crippen LogP contribution in [0.1, 0.15) is 18.4 Å². The number of carbonyl (C=O) groups is 1. The van der Waals surface area contributed by atoms with Gasteiger partial charge in [0.15, 0.2) is 0 Å². The van der Waals surface area contributed by atoms with Gasteiger partial charge in [0, 0.05) is 17.7 Å². The van der Waals surface area contributed by atoms with Crippen molar-refractivity contribution in [3.05, 3.63) is 59.9 Å². The van der Waals surface area contributed by atoms with Crippen LogP contribution >= 0.6 is 0 Å². The molecule has 0 spiro atoms. The molecule has 0 aliphatic carbocycles. The normalized spacial score (nSPS) is 15.0. The molecule has 2 aromatic carbocycles. The molecule has 1 saturated heterocycles. The Morgan fingerprint density at radius 3 is 2.75 bits per heavy atom. The van der Waals surface area contributed by atoms with Gasteiger partial charge in [-0.3, -0.25) is 4.79 Å². The van der Waals surface area contributed by atoms with Crippen LogP contribution in [0.25, 0.3) is 0 Å². The van der Waals surface area contributed by atoms with E-state index in [2.05, 4.69) is 10.6 Å². The fourth-order valence-corrected chi connectivity index (χ4v) is 2.79. The molecule has 5 heteroatoms. The highest BCUT2D eigenvalue weighted by Crippen LogP contribution is 2.18. The second-order valence-electron chi connectivity index (χ2n) is 5.96. The summed E-state index contributed by atoms with van der Waals surface area (Å²) < 4.78 is 18.7. The Labute approximate surface area is 141 Å². The van der Waals surface area contributed by atoms with Crippen LogP contribution in [0.2, 0.25) is 0 Å². The Morgan fingerprint density at radius 2 is 1.96 bits per heavy atom. The quantitative estimate of drug-likeness (QED) is 0.885. The lowest BCUT2D eigenvalue weighted by Gasteiger charge is -2.21. The third-order valence-electron chi connectivity index (χ3n) is 4.11. The third kappa shape index (κ3) is 4.55. The summed E-state index contributed by atoms with van der Waals surface area (Å²) in [5, 5.41) is 6.23. The van der Waals surface area contributed by atoms with Crippen LogP contribution in [-0.2, 0) is 11.4 Å². The molecule has 126 valence electrons. The number of halogens is 1. The highest BCUT2D eigenvalue weighted by Gasteiger charge is 2.20. The summed E-state index contributed by atoms with van der Waals surface area (Å²) >= 11 is 0. The maximum absolute atomic E-state index is 13.1. The Hall–Kier alpha value is -2.40. The average molecular weight is 328 g/mol. The fraction of sp³-hybridized carbons (Fsp3) is 0.316. The van der Waals surface area contributed by atoms with Gasteiger partial charge >= 0.3 is 0 Å². The maximum atomic E-state index is 13.1. The number of nitrogens with one attached hydrogen (secondary N) is 2. The van der Waals surface area contributed by atoms with E-state index in [-0.39, 0.29) is 17.6 Å². The highest BCUT2D eigenvalue weighted by molar-refractivity contribution is 5.92. The lowest BCUT2D eigenvalue weighted by molar-refractivity contribution is -0.120. The van der Waals surface area contributed by atoms with Crippen molar-refractivity contribution in [1.82, 2.24) is 5.32 Å². The molecule has 1 heterocycles. The van der Waals surface area contributed by atoms with Crippen molar-refractivity contribution in [3.63, 3.8) is 0 Å². The fourth-order valence-electron chi connectivity index (χ4n) is 2.79. The molecular formula is C19H21FN2O2. The molecule has 1 aliphatic heterocycles. The highest BCUT2D eigenvalue weighted by atomic mass is 19.1. The molecule has 2 N–H and O–H groups in total. The standard InChI is InChI=1S/C19H21FN2O2/c20-16-4-2-6-18(12-16)24-13-14-3-1-5-17(11-14)22-19(23)15-7-9-21-10-8-15/h1-6,11-12,15,21H,7-10,13H2,(H,22,23). The predicted octanol–water partition coefficient (Wildman–Crippen LogP) is 3.34. The summed E-state index contributed by atoms with van der Waals surface area (Å²) in [7, 11) is 0. The van der Waals surface area contributed by atoms with E-state index in [1.165, 1.54) is 12.1 Å². The summed E-state index contributed by atoms with van der Waals surface area (Å²) in [4.78, 5) is 12.3. The van der Waals surface area contributed by atoms with Crippen molar-refractivity contribution in [3.8, 4) is 5.75 Å². The van der Waals surface area contributed by atoms with E-state index < -0.39 is 0 Å². The minimum atomic E-state index is -0.324. The van der Waals surface area contributed by atoms with Gasteiger partial charge in [-0.25, -0.2) is 4.39 Å². The second-order valence-corrected chi connectivity index (χ2v) is 5.96. The lowest BCUT2D eigenvalue weighted by atomic mass is 9.97. The van der Waals surface area contributed by atoms with E-state index in [1.54, 1.807) is 12.1 Å². The number of piperidine rings is 1. The van der Waals surface area contributed by atoms with Crippen molar-refractivity contribution < 1.29 is 13.9 Å². The Balaban J connectivity index is 1.58. The molecule has 0 saturated carbocycles. The first kappa shape index (κ1) is 16.5. The van der Waals surface area contributed by atoms with Gasteiger partial charge in [-0.2, -0.15) is 0 Å². The zero-order valence-electron chi connectivity index (χ0n) is 13.4. The molecule has 0 radical (unpaired) electrons. The Kier molecular flexibility index (Phi) is 5.43. The average Bonchev–Trinajstić information content (AvgIpc) is 2.61. The van der Waals surface area contributed by atoms with E-state index in [0.717, 1.165) is 37.2 Å². The van der Waals surface area contributed by atoms with Gasteiger partial charge < -0.3 is 15.4 Å². The molecule has 2 aromatic rings. The van der Waals surface area contributed by atoms with Gasteiger partial charge in [0.2, 0.25) is 5.91 Å². The molecule has 4 nitrogen and oxygen atoms in total. The lowest BCUT2D eigenvalue weighted by Crippen LogP contribution is -2.34. The second kappa shape index (κ2) is 7.93. The maximum Gasteiger partial charge on any atom is 0.227 e. The number of benzene rings is 2. The molecule has 1 aliphatic rings. The predicted molar refractivity (Wildman–Crippen MR) is 91.4 cm³/mol. The Morgan fingerprint density at radius 1 is 1.17 bits per heavy atom. The number of amides is 1.